The van der Waals surface area contributed by atoms with E-state index >= 15 is 0 Å². The van der Waals surface area contributed by atoms with Gasteiger partial charge in [0.05, 0.1) is 23.0 Å². The molecule has 0 aliphatic carbocycles. The lowest BCUT2D eigenvalue weighted by molar-refractivity contribution is -0.0543. The van der Waals surface area contributed by atoms with Gasteiger partial charge in [0.2, 0.25) is 0 Å². The number of carbonyl (C=O) groups is 1. The number of aromatic nitrogens is 1. The molecular weight excluding hydrogens is 248 g/mol. The molecule has 7 nitrogen and oxygen atoms in total. The third-order valence-electron chi connectivity index (χ3n) is 3.18. The van der Waals surface area contributed by atoms with Gasteiger partial charge in [0, 0.05) is 32.6 Å². The number of hydrogen-bond donors (Lipinski definition) is 4. The van der Waals surface area contributed by atoms with Crippen molar-refractivity contribution in [3.05, 3.63) is 17.8 Å². The lowest BCUT2D eigenvalue weighted by atomic mass is 9.94. The summed E-state index contributed by atoms with van der Waals surface area (Å²) in [4.78, 5) is 15.3. The third-order valence-corrected chi connectivity index (χ3v) is 3.18. The first kappa shape index (κ1) is 13.6. The average Bonchev–Trinajstić information content (AvgIpc) is 2.38. The number of aliphatic hydroxyl groups is 1. The van der Waals surface area contributed by atoms with Gasteiger partial charge in [-0.15, -0.1) is 0 Å². The Labute approximate surface area is 110 Å². The van der Waals surface area contributed by atoms with Gasteiger partial charge in [-0.2, -0.15) is 0 Å². The SMILES string of the molecule is NC(=O)c1cc(N)cnc1NCC1(O)CCOCC1. The zero-order valence-corrected chi connectivity index (χ0v) is 10.6. The summed E-state index contributed by atoms with van der Waals surface area (Å²) in [6, 6.07) is 1.46. The molecule has 1 aliphatic rings. The fourth-order valence-electron chi connectivity index (χ4n) is 1.99. The standard InChI is InChI=1S/C12H18N4O3/c13-8-5-9(10(14)17)11(15-6-8)16-7-12(18)1-3-19-4-2-12/h5-6,18H,1-4,7,13H2,(H2,14,17)(H,15,16). The van der Waals surface area contributed by atoms with Gasteiger partial charge < -0.3 is 26.6 Å². The van der Waals surface area contributed by atoms with Crippen LogP contribution in [0.5, 0.6) is 0 Å². The molecule has 104 valence electrons. The number of amides is 1. The van der Waals surface area contributed by atoms with Crippen LogP contribution in [0.25, 0.3) is 0 Å². The van der Waals surface area contributed by atoms with Crippen LogP contribution in [0.4, 0.5) is 11.5 Å². The summed E-state index contributed by atoms with van der Waals surface area (Å²) in [6.45, 7) is 1.33. The van der Waals surface area contributed by atoms with Gasteiger partial charge in [-0.3, -0.25) is 4.79 Å². The van der Waals surface area contributed by atoms with Gasteiger partial charge in [0.15, 0.2) is 0 Å². The van der Waals surface area contributed by atoms with Crippen LogP contribution in [0, 0.1) is 0 Å². The minimum atomic E-state index is -0.851. The molecule has 1 amide bonds. The third kappa shape index (κ3) is 3.33. The van der Waals surface area contributed by atoms with Gasteiger partial charge in [-0.1, -0.05) is 0 Å². The number of anilines is 2. The first-order chi connectivity index (χ1) is 9.00. The summed E-state index contributed by atoms with van der Waals surface area (Å²) in [7, 11) is 0. The van der Waals surface area contributed by atoms with Crippen LogP contribution in [-0.2, 0) is 4.74 Å². The molecule has 1 aromatic heterocycles. The minimum absolute atomic E-state index is 0.218. The van der Waals surface area contributed by atoms with Crippen molar-refractivity contribution in [2.24, 2.45) is 5.73 Å². The maximum atomic E-state index is 11.3. The fraction of sp³-hybridized carbons (Fsp3) is 0.500. The molecule has 1 saturated heterocycles. The molecule has 0 unspecified atom stereocenters. The van der Waals surface area contributed by atoms with E-state index < -0.39 is 11.5 Å². The van der Waals surface area contributed by atoms with Crippen molar-refractivity contribution < 1.29 is 14.6 Å². The Morgan fingerprint density at radius 3 is 2.84 bits per heavy atom. The molecule has 1 aromatic rings. The zero-order valence-electron chi connectivity index (χ0n) is 10.6. The van der Waals surface area contributed by atoms with E-state index in [1.807, 2.05) is 0 Å². The largest absolute Gasteiger partial charge is 0.397 e. The molecule has 0 atom stereocenters. The van der Waals surface area contributed by atoms with Crippen molar-refractivity contribution in [1.29, 1.82) is 0 Å². The highest BCUT2D eigenvalue weighted by Crippen LogP contribution is 2.22. The van der Waals surface area contributed by atoms with E-state index in [0.717, 1.165) is 0 Å². The molecule has 2 heterocycles. The Hall–Kier alpha value is -1.86. The maximum Gasteiger partial charge on any atom is 0.252 e. The van der Waals surface area contributed by atoms with E-state index in [4.69, 9.17) is 16.2 Å². The van der Waals surface area contributed by atoms with Crippen molar-refractivity contribution in [1.82, 2.24) is 4.98 Å². The summed E-state index contributed by atoms with van der Waals surface area (Å²) >= 11 is 0. The Balaban J connectivity index is 2.08. The second-order valence-electron chi connectivity index (χ2n) is 4.72. The first-order valence-corrected chi connectivity index (χ1v) is 6.09. The second-order valence-corrected chi connectivity index (χ2v) is 4.72. The molecule has 0 bridgehead atoms. The molecule has 0 spiro atoms. The van der Waals surface area contributed by atoms with Crippen LogP contribution in [0.3, 0.4) is 0 Å². The molecular formula is C12H18N4O3. The number of nitrogen functional groups attached to an aromatic ring is 1. The number of rotatable bonds is 4. The summed E-state index contributed by atoms with van der Waals surface area (Å²) in [5.41, 5.74) is 10.6. The molecule has 1 aliphatic heterocycles. The number of hydrogen-bond acceptors (Lipinski definition) is 6. The first-order valence-electron chi connectivity index (χ1n) is 6.09. The summed E-state index contributed by atoms with van der Waals surface area (Å²) in [5.74, 6) is -0.275. The molecule has 0 saturated carbocycles. The number of pyridine rings is 1. The summed E-state index contributed by atoms with van der Waals surface area (Å²) < 4.78 is 5.20. The van der Waals surface area contributed by atoms with Crippen molar-refractivity contribution in [2.75, 3.05) is 30.8 Å². The average molecular weight is 266 g/mol. The van der Waals surface area contributed by atoms with Gasteiger partial charge >= 0.3 is 0 Å². The Morgan fingerprint density at radius 2 is 2.21 bits per heavy atom. The summed E-state index contributed by atoms with van der Waals surface area (Å²) in [5, 5.41) is 13.3. The number of carbonyl (C=O) groups excluding carboxylic acids is 1. The van der Waals surface area contributed by atoms with Crippen LogP contribution in [0.15, 0.2) is 12.3 Å². The topological polar surface area (TPSA) is 123 Å². The zero-order chi connectivity index (χ0) is 13.9. The monoisotopic (exact) mass is 266 g/mol. The predicted molar refractivity (Wildman–Crippen MR) is 70.7 cm³/mol. The van der Waals surface area contributed by atoms with Crippen LogP contribution < -0.4 is 16.8 Å². The Morgan fingerprint density at radius 1 is 1.53 bits per heavy atom. The normalized spacial score (nSPS) is 17.9. The number of nitrogens with zero attached hydrogens (tertiary/aromatic N) is 1. The number of nitrogens with two attached hydrogens (primary N) is 2. The Bertz CT molecular complexity index is 472. The molecule has 19 heavy (non-hydrogen) atoms. The smallest absolute Gasteiger partial charge is 0.252 e. The van der Waals surface area contributed by atoms with E-state index in [9.17, 15) is 9.90 Å². The van der Waals surface area contributed by atoms with E-state index in [-0.39, 0.29) is 12.1 Å². The van der Waals surface area contributed by atoms with E-state index in [1.165, 1.54) is 12.3 Å². The molecule has 0 aromatic carbocycles. The van der Waals surface area contributed by atoms with Gasteiger partial charge in [0.25, 0.3) is 5.91 Å². The molecule has 6 N–H and O–H groups in total. The molecule has 2 rings (SSSR count). The van der Waals surface area contributed by atoms with E-state index in [0.29, 0.717) is 37.6 Å². The van der Waals surface area contributed by atoms with Crippen molar-refractivity contribution in [2.45, 2.75) is 18.4 Å². The molecule has 1 fully saturated rings. The van der Waals surface area contributed by atoms with Gasteiger partial charge in [-0.05, 0) is 6.07 Å². The highest BCUT2D eigenvalue weighted by atomic mass is 16.5. The fourth-order valence-corrected chi connectivity index (χ4v) is 1.99. The van der Waals surface area contributed by atoms with Crippen LogP contribution in [0.2, 0.25) is 0 Å². The van der Waals surface area contributed by atoms with Gasteiger partial charge in [-0.25, -0.2) is 4.98 Å². The van der Waals surface area contributed by atoms with Crippen molar-refractivity contribution >= 4 is 17.4 Å². The minimum Gasteiger partial charge on any atom is -0.397 e. The maximum absolute atomic E-state index is 11.3. The van der Waals surface area contributed by atoms with Crippen LogP contribution in [0.1, 0.15) is 23.2 Å². The van der Waals surface area contributed by atoms with Crippen LogP contribution in [-0.4, -0.2) is 41.4 Å². The Kier molecular flexibility index (Phi) is 3.87. The number of nitrogens with one attached hydrogen (secondary N) is 1. The number of ether oxygens (including phenoxy) is 1. The highest BCUT2D eigenvalue weighted by molar-refractivity contribution is 5.98. The van der Waals surface area contributed by atoms with Crippen LogP contribution >= 0.6 is 0 Å². The van der Waals surface area contributed by atoms with E-state index in [2.05, 4.69) is 10.3 Å². The van der Waals surface area contributed by atoms with Crippen molar-refractivity contribution in [3.8, 4) is 0 Å². The van der Waals surface area contributed by atoms with E-state index in [1.54, 1.807) is 0 Å². The summed E-state index contributed by atoms with van der Waals surface area (Å²) in [6.07, 6.45) is 2.52. The molecule has 0 radical (unpaired) electrons. The molecule has 7 heteroatoms. The number of primary amides is 1. The van der Waals surface area contributed by atoms with Gasteiger partial charge in [0.1, 0.15) is 5.82 Å². The highest BCUT2D eigenvalue weighted by Gasteiger charge is 2.30. The van der Waals surface area contributed by atoms with Crippen molar-refractivity contribution in [3.63, 3.8) is 0 Å². The lowest BCUT2D eigenvalue weighted by Gasteiger charge is -2.32. The second kappa shape index (κ2) is 5.41. The predicted octanol–water partition coefficient (Wildman–Crippen LogP) is -0.284. The quantitative estimate of drug-likeness (QED) is 0.594. The lowest BCUT2D eigenvalue weighted by Crippen LogP contribution is -2.42.